The molecule has 116 valence electrons. The number of hydrogen-bond acceptors (Lipinski definition) is 3. The lowest BCUT2D eigenvalue weighted by atomic mass is 9.91. The quantitative estimate of drug-likeness (QED) is 0.854. The lowest BCUT2D eigenvalue weighted by Crippen LogP contribution is -2.51. The van der Waals surface area contributed by atoms with E-state index in [2.05, 4.69) is 30.6 Å². The van der Waals surface area contributed by atoms with E-state index in [0.717, 1.165) is 26.2 Å². The summed E-state index contributed by atoms with van der Waals surface area (Å²) in [6, 6.07) is 0.515. The van der Waals surface area contributed by atoms with Gasteiger partial charge in [0.25, 0.3) is 0 Å². The molecule has 1 amide bonds. The van der Waals surface area contributed by atoms with Crippen molar-refractivity contribution in [1.29, 1.82) is 0 Å². The van der Waals surface area contributed by atoms with Gasteiger partial charge in [0.2, 0.25) is 5.91 Å². The van der Waals surface area contributed by atoms with Crippen LogP contribution in [0.4, 0.5) is 0 Å². The Hall–Kier alpha value is -0.610. The van der Waals surface area contributed by atoms with Crippen molar-refractivity contribution in [1.82, 2.24) is 9.80 Å². The van der Waals surface area contributed by atoms with Crippen molar-refractivity contribution in [2.75, 3.05) is 32.7 Å². The van der Waals surface area contributed by atoms with Crippen LogP contribution in [0.3, 0.4) is 0 Å². The van der Waals surface area contributed by atoms with Crippen LogP contribution in [0.25, 0.3) is 0 Å². The number of carbonyl (C=O) groups excluding carboxylic acids is 1. The molecule has 4 unspecified atom stereocenters. The molecule has 2 heterocycles. The van der Waals surface area contributed by atoms with Gasteiger partial charge in [-0.25, -0.2) is 0 Å². The monoisotopic (exact) mass is 281 g/mol. The van der Waals surface area contributed by atoms with Gasteiger partial charge < -0.3 is 10.6 Å². The highest BCUT2D eigenvalue weighted by Crippen LogP contribution is 2.23. The number of amides is 1. The van der Waals surface area contributed by atoms with E-state index in [4.69, 9.17) is 5.73 Å². The zero-order valence-electron chi connectivity index (χ0n) is 13.3. The molecule has 2 saturated heterocycles. The second-order valence-corrected chi connectivity index (χ2v) is 7.20. The Bertz CT molecular complexity index is 324. The third-order valence-corrected chi connectivity index (χ3v) is 5.00. The van der Waals surface area contributed by atoms with Crippen molar-refractivity contribution in [3.05, 3.63) is 0 Å². The van der Waals surface area contributed by atoms with E-state index in [1.54, 1.807) is 0 Å². The van der Waals surface area contributed by atoms with E-state index in [1.165, 1.54) is 19.3 Å². The average molecular weight is 281 g/mol. The Morgan fingerprint density at radius 2 is 1.75 bits per heavy atom. The first-order valence-corrected chi connectivity index (χ1v) is 8.21. The van der Waals surface area contributed by atoms with Crippen molar-refractivity contribution in [2.45, 2.75) is 46.1 Å². The van der Waals surface area contributed by atoms with Gasteiger partial charge in [0.15, 0.2) is 0 Å². The van der Waals surface area contributed by atoms with Crippen LogP contribution in [0.15, 0.2) is 0 Å². The van der Waals surface area contributed by atoms with Crippen LogP contribution in [0.5, 0.6) is 0 Å². The van der Waals surface area contributed by atoms with E-state index in [0.29, 0.717) is 36.2 Å². The van der Waals surface area contributed by atoms with E-state index >= 15 is 0 Å². The van der Waals surface area contributed by atoms with Crippen molar-refractivity contribution in [3.63, 3.8) is 0 Å². The number of nitrogens with two attached hydrogens (primary N) is 1. The number of carbonyl (C=O) groups is 1. The summed E-state index contributed by atoms with van der Waals surface area (Å²) in [6.07, 6.45) is 3.63. The van der Waals surface area contributed by atoms with Gasteiger partial charge in [-0.1, -0.05) is 13.8 Å². The highest BCUT2D eigenvalue weighted by atomic mass is 16.2. The molecule has 0 aromatic rings. The predicted molar refractivity (Wildman–Crippen MR) is 82.3 cm³/mol. The Morgan fingerprint density at radius 1 is 1.10 bits per heavy atom. The molecular weight excluding hydrogens is 250 g/mol. The fourth-order valence-corrected chi connectivity index (χ4v) is 3.82. The fraction of sp³-hybridized carbons (Fsp3) is 0.938. The number of rotatable bonds is 3. The summed E-state index contributed by atoms with van der Waals surface area (Å²) in [5.41, 5.74) is 5.80. The van der Waals surface area contributed by atoms with E-state index in [9.17, 15) is 4.79 Å². The van der Waals surface area contributed by atoms with Crippen LogP contribution in [-0.4, -0.2) is 54.5 Å². The molecule has 0 aliphatic carbocycles. The van der Waals surface area contributed by atoms with Crippen molar-refractivity contribution in [2.24, 2.45) is 23.5 Å². The minimum absolute atomic E-state index is 0.313. The first-order valence-electron chi connectivity index (χ1n) is 8.21. The highest BCUT2D eigenvalue weighted by Gasteiger charge is 2.30. The molecule has 20 heavy (non-hydrogen) atoms. The Kier molecular flexibility index (Phi) is 5.44. The van der Waals surface area contributed by atoms with Crippen LogP contribution >= 0.6 is 0 Å². The predicted octanol–water partition coefficient (Wildman–Crippen LogP) is 1.55. The standard InChI is InChI=1S/C16H31N3O/c1-12-6-13(2)9-19(8-12)16(20)11-18-10-15(7-17)5-4-14(18)3/h12-15H,4-11,17H2,1-3H3. The lowest BCUT2D eigenvalue weighted by molar-refractivity contribution is -0.136. The molecule has 4 heteroatoms. The maximum atomic E-state index is 12.6. The molecular formula is C16H31N3O. The summed E-state index contributed by atoms with van der Waals surface area (Å²) in [5.74, 6) is 2.16. The molecule has 0 bridgehead atoms. The van der Waals surface area contributed by atoms with Gasteiger partial charge in [-0.3, -0.25) is 9.69 Å². The van der Waals surface area contributed by atoms with Crippen LogP contribution in [0.2, 0.25) is 0 Å². The van der Waals surface area contributed by atoms with Crippen LogP contribution in [0.1, 0.15) is 40.0 Å². The van der Waals surface area contributed by atoms with Gasteiger partial charge in [-0.15, -0.1) is 0 Å². The van der Waals surface area contributed by atoms with Crippen molar-refractivity contribution in [3.8, 4) is 0 Å². The van der Waals surface area contributed by atoms with E-state index in [1.807, 2.05) is 0 Å². The van der Waals surface area contributed by atoms with Crippen LogP contribution < -0.4 is 5.73 Å². The summed E-state index contributed by atoms with van der Waals surface area (Å²) >= 11 is 0. The van der Waals surface area contributed by atoms with Gasteiger partial charge in [0.1, 0.15) is 0 Å². The number of hydrogen-bond donors (Lipinski definition) is 1. The smallest absolute Gasteiger partial charge is 0.236 e. The Balaban J connectivity index is 1.89. The van der Waals surface area contributed by atoms with E-state index < -0.39 is 0 Å². The molecule has 2 fully saturated rings. The summed E-state index contributed by atoms with van der Waals surface area (Å²) in [6.45, 7) is 10.9. The van der Waals surface area contributed by atoms with Crippen LogP contribution in [0, 0.1) is 17.8 Å². The molecule has 2 aliphatic rings. The zero-order chi connectivity index (χ0) is 14.7. The third kappa shape index (κ3) is 3.95. The molecule has 0 aromatic heterocycles. The molecule has 0 radical (unpaired) electrons. The number of nitrogens with zero attached hydrogens (tertiary/aromatic N) is 2. The second-order valence-electron chi connectivity index (χ2n) is 7.20. The van der Waals surface area contributed by atoms with Gasteiger partial charge in [-0.2, -0.15) is 0 Å². The van der Waals surface area contributed by atoms with Gasteiger partial charge in [0.05, 0.1) is 6.54 Å². The number of piperidine rings is 2. The van der Waals surface area contributed by atoms with Gasteiger partial charge >= 0.3 is 0 Å². The molecule has 2 rings (SSSR count). The minimum atomic E-state index is 0.313. The Labute approximate surface area is 123 Å². The molecule has 0 aromatic carbocycles. The molecule has 0 saturated carbocycles. The zero-order valence-corrected chi connectivity index (χ0v) is 13.3. The van der Waals surface area contributed by atoms with E-state index in [-0.39, 0.29) is 0 Å². The normalized spacial score (nSPS) is 36.1. The average Bonchev–Trinajstić information content (AvgIpc) is 2.40. The second kappa shape index (κ2) is 6.90. The topological polar surface area (TPSA) is 49.6 Å². The molecule has 2 N–H and O–H groups in total. The molecule has 4 atom stereocenters. The molecule has 4 nitrogen and oxygen atoms in total. The van der Waals surface area contributed by atoms with Crippen molar-refractivity contribution < 1.29 is 4.79 Å². The minimum Gasteiger partial charge on any atom is -0.341 e. The van der Waals surface area contributed by atoms with Crippen LogP contribution in [-0.2, 0) is 4.79 Å². The maximum Gasteiger partial charge on any atom is 0.236 e. The fourth-order valence-electron chi connectivity index (χ4n) is 3.82. The summed E-state index contributed by atoms with van der Waals surface area (Å²) in [5, 5.41) is 0. The Morgan fingerprint density at radius 3 is 2.35 bits per heavy atom. The first-order chi connectivity index (χ1) is 9.49. The largest absolute Gasteiger partial charge is 0.341 e. The lowest BCUT2D eigenvalue weighted by Gasteiger charge is -2.40. The summed E-state index contributed by atoms with van der Waals surface area (Å²) in [4.78, 5) is 17.0. The summed E-state index contributed by atoms with van der Waals surface area (Å²) < 4.78 is 0. The summed E-state index contributed by atoms with van der Waals surface area (Å²) in [7, 11) is 0. The van der Waals surface area contributed by atoms with Gasteiger partial charge in [-0.05, 0) is 50.5 Å². The molecule has 0 spiro atoms. The van der Waals surface area contributed by atoms with Gasteiger partial charge in [0, 0.05) is 25.7 Å². The first kappa shape index (κ1) is 15.8. The SMILES string of the molecule is CC1CC(C)CN(C(=O)CN2CC(CN)CCC2C)C1. The third-order valence-electron chi connectivity index (χ3n) is 5.00. The molecule has 2 aliphatic heterocycles. The number of likely N-dealkylation sites (tertiary alicyclic amines) is 2. The highest BCUT2D eigenvalue weighted by molar-refractivity contribution is 5.78. The van der Waals surface area contributed by atoms with Crippen molar-refractivity contribution >= 4 is 5.91 Å². The maximum absolute atomic E-state index is 12.6.